The van der Waals surface area contributed by atoms with Gasteiger partial charge in [0.15, 0.2) is 11.5 Å². The molecule has 5 nitrogen and oxygen atoms in total. The van der Waals surface area contributed by atoms with Crippen LogP contribution in [-0.4, -0.2) is 26.7 Å². The molecule has 2 aromatic carbocycles. The van der Waals surface area contributed by atoms with Gasteiger partial charge in [-0.1, -0.05) is 32.0 Å². The number of carbonyl (C=O) groups is 1. The number of benzene rings is 2. The van der Waals surface area contributed by atoms with Crippen molar-refractivity contribution < 1.29 is 19.0 Å². The molecule has 0 bridgehead atoms. The van der Waals surface area contributed by atoms with E-state index in [2.05, 4.69) is 19.2 Å². The number of para-hydroxylation sites is 1. The third-order valence-corrected chi connectivity index (χ3v) is 3.96. The molecular formula is C21H27NO4. The van der Waals surface area contributed by atoms with Crippen LogP contribution in [0.4, 0.5) is 0 Å². The van der Waals surface area contributed by atoms with E-state index in [0.717, 1.165) is 5.56 Å². The van der Waals surface area contributed by atoms with Gasteiger partial charge in [0.05, 0.1) is 32.4 Å². The van der Waals surface area contributed by atoms with Crippen molar-refractivity contribution in [1.82, 2.24) is 5.32 Å². The Morgan fingerprint density at radius 2 is 1.65 bits per heavy atom. The predicted octanol–water partition coefficient (Wildman–Crippen LogP) is 4.23. The van der Waals surface area contributed by atoms with Gasteiger partial charge in [-0.05, 0) is 42.7 Å². The summed E-state index contributed by atoms with van der Waals surface area (Å²) in [5.74, 6) is 2.15. The summed E-state index contributed by atoms with van der Waals surface area (Å²) in [4.78, 5) is 12.6. The number of methoxy groups -OCH3 is 2. The fraction of sp³-hybridized carbons (Fsp3) is 0.381. The van der Waals surface area contributed by atoms with E-state index >= 15 is 0 Å². The Morgan fingerprint density at radius 3 is 2.31 bits per heavy atom. The van der Waals surface area contributed by atoms with Gasteiger partial charge in [-0.15, -0.1) is 0 Å². The number of nitrogens with one attached hydrogen (secondary N) is 1. The lowest BCUT2D eigenvalue weighted by Gasteiger charge is -2.18. The van der Waals surface area contributed by atoms with Gasteiger partial charge in [-0.25, -0.2) is 0 Å². The Labute approximate surface area is 155 Å². The van der Waals surface area contributed by atoms with E-state index in [1.54, 1.807) is 26.4 Å². The summed E-state index contributed by atoms with van der Waals surface area (Å²) in [7, 11) is 3.16. The molecule has 2 rings (SSSR count). The third kappa shape index (κ3) is 4.91. The second-order valence-corrected chi connectivity index (χ2v) is 6.51. The van der Waals surface area contributed by atoms with E-state index in [9.17, 15) is 4.79 Å². The van der Waals surface area contributed by atoms with Crippen molar-refractivity contribution in [2.75, 3.05) is 20.8 Å². The van der Waals surface area contributed by atoms with Crippen LogP contribution in [0.25, 0.3) is 0 Å². The largest absolute Gasteiger partial charge is 0.496 e. The van der Waals surface area contributed by atoms with Gasteiger partial charge in [-0.2, -0.15) is 0 Å². The summed E-state index contributed by atoms with van der Waals surface area (Å²) >= 11 is 0. The molecule has 0 aliphatic heterocycles. The van der Waals surface area contributed by atoms with Crippen molar-refractivity contribution in [1.29, 1.82) is 0 Å². The van der Waals surface area contributed by atoms with Crippen molar-refractivity contribution in [3.63, 3.8) is 0 Å². The smallest absolute Gasteiger partial charge is 0.255 e. The molecule has 0 aromatic heterocycles. The molecule has 0 aliphatic carbocycles. The molecule has 0 spiro atoms. The van der Waals surface area contributed by atoms with E-state index < -0.39 is 0 Å². The number of amides is 1. The lowest BCUT2D eigenvalue weighted by Crippen LogP contribution is -2.27. The molecule has 0 saturated carbocycles. The van der Waals surface area contributed by atoms with Crippen molar-refractivity contribution in [3.05, 3.63) is 53.6 Å². The first-order chi connectivity index (χ1) is 12.5. The van der Waals surface area contributed by atoms with Crippen LogP contribution >= 0.6 is 0 Å². The minimum atomic E-state index is -0.194. The zero-order valence-electron chi connectivity index (χ0n) is 16.0. The first kappa shape index (κ1) is 19.6. The molecule has 1 atom stereocenters. The molecule has 1 N–H and O–H groups in total. The SMILES string of the molecule is COc1cc(C(C)NC(=O)c2ccccc2OC)ccc1OCC(C)C. The summed E-state index contributed by atoms with van der Waals surface area (Å²) < 4.78 is 16.5. The summed E-state index contributed by atoms with van der Waals surface area (Å²) in [5, 5.41) is 2.99. The third-order valence-electron chi connectivity index (χ3n) is 3.96. The molecule has 0 fully saturated rings. The number of hydrogen-bond acceptors (Lipinski definition) is 4. The van der Waals surface area contributed by atoms with Crippen LogP contribution in [0.3, 0.4) is 0 Å². The summed E-state index contributed by atoms with van der Waals surface area (Å²) in [5.41, 5.74) is 1.44. The first-order valence-electron chi connectivity index (χ1n) is 8.70. The van der Waals surface area contributed by atoms with E-state index in [1.165, 1.54) is 0 Å². The van der Waals surface area contributed by atoms with Crippen LogP contribution in [0.5, 0.6) is 17.2 Å². The molecule has 0 heterocycles. The second kappa shape index (κ2) is 9.13. The maximum Gasteiger partial charge on any atom is 0.255 e. The average molecular weight is 357 g/mol. The zero-order valence-corrected chi connectivity index (χ0v) is 16.0. The number of rotatable bonds is 8. The van der Waals surface area contributed by atoms with Crippen molar-refractivity contribution >= 4 is 5.91 Å². The average Bonchev–Trinajstić information content (AvgIpc) is 2.65. The first-order valence-corrected chi connectivity index (χ1v) is 8.70. The maximum atomic E-state index is 12.6. The lowest BCUT2D eigenvalue weighted by atomic mass is 10.1. The Hall–Kier alpha value is -2.69. The van der Waals surface area contributed by atoms with Crippen molar-refractivity contribution in [2.45, 2.75) is 26.8 Å². The highest BCUT2D eigenvalue weighted by atomic mass is 16.5. The van der Waals surface area contributed by atoms with Crippen LogP contribution in [0.1, 0.15) is 42.7 Å². The maximum absolute atomic E-state index is 12.6. The van der Waals surface area contributed by atoms with Crippen LogP contribution in [0.2, 0.25) is 0 Å². The Morgan fingerprint density at radius 1 is 0.962 bits per heavy atom. The van der Waals surface area contributed by atoms with E-state index in [4.69, 9.17) is 14.2 Å². The summed E-state index contributed by atoms with van der Waals surface area (Å²) in [6.45, 7) is 6.74. The molecule has 0 saturated heterocycles. The molecular weight excluding hydrogens is 330 g/mol. The van der Waals surface area contributed by atoms with Gasteiger partial charge < -0.3 is 19.5 Å². The number of carbonyl (C=O) groups excluding carboxylic acids is 1. The number of hydrogen-bond donors (Lipinski definition) is 1. The number of ether oxygens (including phenoxy) is 3. The molecule has 5 heteroatoms. The molecule has 140 valence electrons. The fourth-order valence-electron chi connectivity index (χ4n) is 2.52. The van der Waals surface area contributed by atoms with Gasteiger partial charge in [0.1, 0.15) is 5.75 Å². The minimum absolute atomic E-state index is 0.186. The van der Waals surface area contributed by atoms with Crippen LogP contribution in [-0.2, 0) is 0 Å². The highest BCUT2D eigenvalue weighted by Crippen LogP contribution is 2.31. The topological polar surface area (TPSA) is 56.8 Å². The van der Waals surface area contributed by atoms with Gasteiger partial charge >= 0.3 is 0 Å². The molecule has 2 aromatic rings. The van der Waals surface area contributed by atoms with Crippen molar-refractivity contribution in [2.24, 2.45) is 5.92 Å². The normalized spacial score (nSPS) is 11.8. The lowest BCUT2D eigenvalue weighted by molar-refractivity contribution is 0.0936. The standard InChI is InChI=1S/C21H27NO4/c1-14(2)13-26-19-11-10-16(12-20(19)25-5)15(3)22-21(23)17-8-6-7-9-18(17)24-4/h6-12,14-15H,13H2,1-5H3,(H,22,23). The van der Waals surface area contributed by atoms with Gasteiger partial charge in [0.25, 0.3) is 5.91 Å². The van der Waals surface area contributed by atoms with Crippen LogP contribution < -0.4 is 19.5 Å². The fourth-order valence-corrected chi connectivity index (χ4v) is 2.52. The second-order valence-electron chi connectivity index (χ2n) is 6.51. The van der Waals surface area contributed by atoms with E-state index in [0.29, 0.717) is 35.3 Å². The Bertz CT molecular complexity index is 743. The Kier molecular flexibility index (Phi) is 6.89. The van der Waals surface area contributed by atoms with Crippen LogP contribution in [0.15, 0.2) is 42.5 Å². The van der Waals surface area contributed by atoms with E-state index in [-0.39, 0.29) is 11.9 Å². The quantitative estimate of drug-likeness (QED) is 0.768. The minimum Gasteiger partial charge on any atom is -0.496 e. The summed E-state index contributed by atoms with van der Waals surface area (Å²) in [6, 6.07) is 12.7. The monoisotopic (exact) mass is 357 g/mol. The predicted molar refractivity (Wildman–Crippen MR) is 102 cm³/mol. The van der Waals surface area contributed by atoms with Gasteiger partial charge in [0, 0.05) is 0 Å². The molecule has 0 radical (unpaired) electrons. The molecule has 0 aliphatic rings. The molecule has 1 unspecified atom stereocenters. The van der Waals surface area contributed by atoms with Crippen molar-refractivity contribution in [3.8, 4) is 17.2 Å². The highest BCUT2D eigenvalue weighted by Gasteiger charge is 2.16. The summed E-state index contributed by atoms with van der Waals surface area (Å²) in [6.07, 6.45) is 0. The molecule has 26 heavy (non-hydrogen) atoms. The van der Waals surface area contributed by atoms with Gasteiger partial charge in [0.2, 0.25) is 0 Å². The highest BCUT2D eigenvalue weighted by molar-refractivity contribution is 5.97. The molecule has 1 amide bonds. The Balaban J connectivity index is 2.13. The van der Waals surface area contributed by atoms with E-state index in [1.807, 2.05) is 37.3 Å². The van der Waals surface area contributed by atoms with Gasteiger partial charge in [-0.3, -0.25) is 4.79 Å². The van der Waals surface area contributed by atoms with Crippen LogP contribution in [0, 0.1) is 5.92 Å². The zero-order chi connectivity index (χ0) is 19.1.